The number of hydrogen-bond donors (Lipinski definition) is 1. The average molecular weight is 337 g/mol. The Morgan fingerprint density at radius 1 is 1.48 bits per heavy atom. The van der Waals surface area contributed by atoms with Crippen LogP contribution in [0.5, 0.6) is 0 Å². The summed E-state index contributed by atoms with van der Waals surface area (Å²) in [6.45, 7) is 3.74. The van der Waals surface area contributed by atoms with Crippen LogP contribution in [0, 0.1) is 17.2 Å². The van der Waals surface area contributed by atoms with Gasteiger partial charge in [0.25, 0.3) is 0 Å². The zero-order valence-electron chi connectivity index (χ0n) is 14.4. The van der Waals surface area contributed by atoms with Crippen LogP contribution in [-0.2, 0) is 11.3 Å². The van der Waals surface area contributed by atoms with Gasteiger partial charge < -0.3 is 14.6 Å². The van der Waals surface area contributed by atoms with E-state index in [1.165, 1.54) is 0 Å². The summed E-state index contributed by atoms with van der Waals surface area (Å²) in [5.74, 6) is 0.155. The van der Waals surface area contributed by atoms with E-state index in [0.717, 1.165) is 22.9 Å². The van der Waals surface area contributed by atoms with Crippen LogP contribution in [0.2, 0.25) is 0 Å². The van der Waals surface area contributed by atoms with Crippen molar-refractivity contribution < 1.29 is 9.90 Å². The molecule has 2 heterocycles. The third-order valence-corrected chi connectivity index (χ3v) is 4.91. The van der Waals surface area contributed by atoms with Crippen molar-refractivity contribution in [3.63, 3.8) is 0 Å². The summed E-state index contributed by atoms with van der Waals surface area (Å²) in [4.78, 5) is 14.2. The molecule has 0 spiro atoms. The van der Waals surface area contributed by atoms with E-state index in [4.69, 9.17) is 5.26 Å². The predicted octanol–water partition coefficient (Wildman–Crippen LogP) is 2.80. The number of benzene rings is 1. The van der Waals surface area contributed by atoms with Crippen molar-refractivity contribution >= 4 is 22.9 Å². The van der Waals surface area contributed by atoms with Crippen molar-refractivity contribution in [2.45, 2.75) is 32.4 Å². The van der Waals surface area contributed by atoms with Gasteiger partial charge in [-0.15, -0.1) is 0 Å². The van der Waals surface area contributed by atoms with Crippen LogP contribution >= 0.6 is 0 Å². The molecule has 1 fully saturated rings. The number of rotatable bonds is 5. The zero-order valence-corrected chi connectivity index (χ0v) is 14.4. The number of hydrogen-bond acceptors (Lipinski definition) is 3. The Labute approximate surface area is 147 Å². The minimum Gasteiger partial charge on any atom is -0.393 e. The SMILES string of the molecule is CC(O)C1CCN(C(=O)/C=C/c2cn(CCC#N)c3ccccc23)C1. The minimum absolute atomic E-state index is 0.0167. The van der Waals surface area contributed by atoms with Crippen LogP contribution in [0.1, 0.15) is 25.3 Å². The lowest BCUT2D eigenvalue weighted by atomic mass is 10.0. The van der Waals surface area contributed by atoms with Gasteiger partial charge in [0.15, 0.2) is 0 Å². The van der Waals surface area contributed by atoms with Crippen LogP contribution in [0.25, 0.3) is 17.0 Å². The molecule has 130 valence electrons. The molecule has 1 aromatic heterocycles. The Morgan fingerprint density at radius 2 is 2.28 bits per heavy atom. The van der Waals surface area contributed by atoms with Gasteiger partial charge >= 0.3 is 0 Å². The number of aliphatic hydroxyl groups is 1. The largest absolute Gasteiger partial charge is 0.393 e. The van der Waals surface area contributed by atoms with Crippen LogP contribution in [-0.4, -0.2) is 39.7 Å². The van der Waals surface area contributed by atoms with E-state index in [1.54, 1.807) is 17.9 Å². The third kappa shape index (κ3) is 3.75. The van der Waals surface area contributed by atoms with Crippen molar-refractivity contribution in [3.05, 3.63) is 42.1 Å². The fourth-order valence-corrected chi connectivity index (χ4v) is 3.41. The molecule has 1 N–H and O–H groups in total. The maximum Gasteiger partial charge on any atom is 0.246 e. The number of nitriles is 1. The van der Waals surface area contributed by atoms with Gasteiger partial charge in [-0.1, -0.05) is 18.2 Å². The molecule has 0 bridgehead atoms. The summed E-state index contributed by atoms with van der Waals surface area (Å²) in [5, 5.41) is 19.6. The number of fused-ring (bicyclic) bond motifs is 1. The van der Waals surface area contributed by atoms with Crippen LogP contribution in [0.3, 0.4) is 0 Å². The molecule has 1 aliphatic rings. The number of likely N-dealkylation sites (tertiary alicyclic amines) is 1. The summed E-state index contributed by atoms with van der Waals surface area (Å²) >= 11 is 0. The highest BCUT2D eigenvalue weighted by molar-refractivity contribution is 5.96. The summed E-state index contributed by atoms with van der Waals surface area (Å²) < 4.78 is 2.06. The first-order valence-electron chi connectivity index (χ1n) is 8.70. The molecule has 25 heavy (non-hydrogen) atoms. The quantitative estimate of drug-likeness (QED) is 0.853. The molecule has 2 unspecified atom stereocenters. The molecular weight excluding hydrogens is 314 g/mol. The van der Waals surface area contributed by atoms with E-state index >= 15 is 0 Å². The van der Waals surface area contributed by atoms with Crippen molar-refractivity contribution in [1.29, 1.82) is 5.26 Å². The van der Waals surface area contributed by atoms with Crippen LogP contribution in [0.15, 0.2) is 36.5 Å². The van der Waals surface area contributed by atoms with E-state index in [9.17, 15) is 9.90 Å². The number of amides is 1. The highest BCUT2D eigenvalue weighted by Gasteiger charge is 2.27. The molecule has 1 amide bonds. The van der Waals surface area contributed by atoms with Crippen LogP contribution in [0.4, 0.5) is 0 Å². The molecule has 2 aromatic rings. The zero-order chi connectivity index (χ0) is 17.8. The first-order valence-corrected chi connectivity index (χ1v) is 8.70. The molecule has 3 rings (SSSR count). The Hall–Kier alpha value is -2.58. The summed E-state index contributed by atoms with van der Waals surface area (Å²) in [5.41, 5.74) is 2.05. The van der Waals surface area contributed by atoms with E-state index in [1.807, 2.05) is 36.5 Å². The van der Waals surface area contributed by atoms with Gasteiger partial charge in [0.2, 0.25) is 5.91 Å². The highest BCUT2D eigenvalue weighted by atomic mass is 16.3. The fraction of sp³-hybridized carbons (Fsp3) is 0.400. The van der Waals surface area contributed by atoms with E-state index in [-0.39, 0.29) is 17.9 Å². The van der Waals surface area contributed by atoms with E-state index < -0.39 is 0 Å². The van der Waals surface area contributed by atoms with Gasteiger partial charge in [-0.2, -0.15) is 5.26 Å². The molecular formula is C20H23N3O2. The number of aliphatic hydroxyl groups excluding tert-OH is 1. The van der Waals surface area contributed by atoms with E-state index in [2.05, 4.69) is 10.6 Å². The maximum absolute atomic E-state index is 12.4. The number of aryl methyl sites for hydroxylation is 1. The summed E-state index contributed by atoms with van der Waals surface area (Å²) in [6, 6.07) is 10.2. The Kier molecular flexibility index (Phi) is 5.20. The second-order valence-corrected chi connectivity index (χ2v) is 6.61. The molecule has 1 aromatic carbocycles. The van der Waals surface area contributed by atoms with Crippen molar-refractivity contribution in [3.8, 4) is 6.07 Å². The molecule has 5 heteroatoms. The molecule has 0 aliphatic carbocycles. The number of carbonyl (C=O) groups excluding carboxylic acids is 1. The number of carbonyl (C=O) groups is 1. The monoisotopic (exact) mass is 337 g/mol. The topological polar surface area (TPSA) is 69.3 Å². The second kappa shape index (κ2) is 7.54. The van der Waals surface area contributed by atoms with Crippen molar-refractivity contribution in [2.24, 2.45) is 5.92 Å². The normalized spacial score (nSPS) is 18.8. The van der Waals surface area contributed by atoms with Gasteiger partial charge in [0, 0.05) is 54.3 Å². The van der Waals surface area contributed by atoms with Gasteiger partial charge in [0.1, 0.15) is 0 Å². The lowest BCUT2D eigenvalue weighted by molar-refractivity contribution is -0.125. The number of para-hydroxylation sites is 1. The lowest BCUT2D eigenvalue weighted by Crippen LogP contribution is -2.28. The van der Waals surface area contributed by atoms with Gasteiger partial charge in [-0.05, 0) is 25.5 Å². The first-order chi connectivity index (χ1) is 12.1. The van der Waals surface area contributed by atoms with Crippen molar-refractivity contribution in [2.75, 3.05) is 13.1 Å². The summed E-state index contributed by atoms with van der Waals surface area (Å²) in [7, 11) is 0. The maximum atomic E-state index is 12.4. The Bertz CT molecular complexity index is 829. The molecule has 0 saturated carbocycles. The third-order valence-electron chi connectivity index (χ3n) is 4.91. The van der Waals surface area contributed by atoms with Crippen LogP contribution < -0.4 is 0 Å². The smallest absolute Gasteiger partial charge is 0.246 e. The van der Waals surface area contributed by atoms with Crippen molar-refractivity contribution in [1.82, 2.24) is 9.47 Å². The number of aromatic nitrogens is 1. The average Bonchev–Trinajstić information content (AvgIpc) is 3.23. The first kappa shape index (κ1) is 17.2. The fourth-order valence-electron chi connectivity index (χ4n) is 3.41. The van der Waals surface area contributed by atoms with E-state index in [0.29, 0.717) is 26.1 Å². The predicted molar refractivity (Wildman–Crippen MR) is 97.6 cm³/mol. The molecule has 2 atom stereocenters. The number of nitrogens with zero attached hydrogens (tertiary/aromatic N) is 3. The molecule has 1 saturated heterocycles. The molecule has 1 aliphatic heterocycles. The van der Waals surface area contributed by atoms with Gasteiger partial charge in [0.05, 0.1) is 18.6 Å². The second-order valence-electron chi connectivity index (χ2n) is 6.61. The standard InChI is InChI=1S/C20H23N3O2/c1-15(24)16-9-12-23(13-16)20(25)8-7-17-14-22(11-4-10-21)19-6-3-2-5-18(17)19/h2-3,5-8,14-16,24H,4,9,11-13H2,1H3/b8-7+. The van der Waals surface area contributed by atoms with Gasteiger partial charge in [-0.25, -0.2) is 0 Å². The molecule has 0 radical (unpaired) electrons. The minimum atomic E-state index is -0.375. The molecule has 5 nitrogen and oxygen atoms in total. The van der Waals surface area contributed by atoms with Gasteiger partial charge in [-0.3, -0.25) is 4.79 Å². The highest BCUT2D eigenvalue weighted by Crippen LogP contribution is 2.24. The Balaban J connectivity index is 1.77. The Morgan fingerprint density at radius 3 is 3.00 bits per heavy atom. The summed E-state index contributed by atoms with van der Waals surface area (Å²) in [6.07, 6.45) is 6.39. The lowest BCUT2D eigenvalue weighted by Gasteiger charge is -2.15.